The maximum atomic E-state index is 10.0. The van der Waals surface area contributed by atoms with Gasteiger partial charge in [0.2, 0.25) is 0 Å². The van der Waals surface area contributed by atoms with Crippen molar-refractivity contribution in [2.75, 3.05) is 0 Å². The van der Waals surface area contributed by atoms with E-state index < -0.39 is 0 Å². The maximum Gasteiger partial charge on any atom is 0.0954 e. The minimum Gasteiger partial charge on any atom is -0.319 e. The van der Waals surface area contributed by atoms with Gasteiger partial charge >= 0.3 is 0 Å². The smallest absolute Gasteiger partial charge is 0.0954 e. The zero-order valence-electron chi connectivity index (χ0n) is 5.47. The van der Waals surface area contributed by atoms with Crippen LogP contribution >= 0.6 is 0 Å². The molecular formula is C6H11OW-. The van der Waals surface area contributed by atoms with Crippen molar-refractivity contribution < 1.29 is 25.9 Å². The van der Waals surface area contributed by atoms with Crippen LogP contribution in [0.2, 0.25) is 0 Å². The quantitative estimate of drug-likeness (QED) is 0.553. The normalized spacial score (nSPS) is 9.88. The molecule has 0 rings (SSSR count). The van der Waals surface area contributed by atoms with Crippen LogP contribution in [0.15, 0.2) is 0 Å². The molecule has 0 unspecified atom stereocenters. The first-order chi connectivity index (χ1) is 3.12. The van der Waals surface area contributed by atoms with E-state index in [4.69, 9.17) is 0 Å². The molecule has 0 amide bonds. The minimum absolute atomic E-state index is 0. The Bertz CT molecular complexity index is 68.9. The topological polar surface area (TPSA) is 17.1 Å². The molecule has 0 aromatic heterocycles. The van der Waals surface area contributed by atoms with Crippen LogP contribution in [-0.2, 0) is 25.9 Å². The molecule has 0 aromatic rings. The molecule has 0 saturated carbocycles. The van der Waals surface area contributed by atoms with Crippen LogP contribution in [0.3, 0.4) is 0 Å². The second-order valence-corrected chi connectivity index (χ2v) is 2.23. The SMILES string of the molecule is C[CH-]C(C)(C)C=O.[W]. The first kappa shape index (κ1) is 11.2. The molecule has 0 fully saturated rings. The Balaban J connectivity index is 0. The summed E-state index contributed by atoms with van der Waals surface area (Å²) in [5, 5.41) is 0. The van der Waals surface area contributed by atoms with Gasteiger partial charge in [-0.1, -0.05) is 13.8 Å². The number of hydrogen-bond donors (Lipinski definition) is 0. The summed E-state index contributed by atoms with van der Waals surface area (Å²) >= 11 is 0. The summed E-state index contributed by atoms with van der Waals surface area (Å²) in [5.41, 5.74) is -0.222. The van der Waals surface area contributed by atoms with Gasteiger partial charge in [-0.25, -0.2) is 0 Å². The van der Waals surface area contributed by atoms with Gasteiger partial charge in [-0.05, 0) is 0 Å². The van der Waals surface area contributed by atoms with Crippen LogP contribution in [0.25, 0.3) is 0 Å². The molecule has 2 heteroatoms. The van der Waals surface area contributed by atoms with E-state index in [0.29, 0.717) is 0 Å². The Morgan fingerprint density at radius 2 is 1.88 bits per heavy atom. The summed E-state index contributed by atoms with van der Waals surface area (Å²) in [5.74, 6) is 0. The van der Waals surface area contributed by atoms with Crippen molar-refractivity contribution in [3.05, 3.63) is 6.42 Å². The van der Waals surface area contributed by atoms with Gasteiger partial charge in [0.15, 0.2) is 0 Å². The van der Waals surface area contributed by atoms with Crippen molar-refractivity contribution in [2.45, 2.75) is 20.8 Å². The van der Waals surface area contributed by atoms with Crippen molar-refractivity contribution in [2.24, 2.45) is 5.41 Å². The van der Waals surface area contributed by atoms with Crippen molar-refractivity contribution in [3.8, 4) is 0 Å². The average molecular weight is 283 g/mol. The number of carbonyl (C=O) groups is 1. The summed E-state index contributed by atoms with van der Waals surface area (Å²) in [6.45, 7) is 5.63. The standard InChI is InChI=1S/C6H11O.W/c1-4-6(2,3)5-7;/h4-5H,1-3H3;/q-1;. The van der Waals surface area contributed by atoms with E-state index in [1.165, 1.54) is 0 Å². The van der Waals surface area contributed by atoms with E-state index >= 15 is 0 Å². The van der Waals surface area contributed by atoms with E-state index in [1.54, 1.807) is 0 Å². The van der Waals surface area contributed by atoms with Crippen molar-refractivity contribution in [1.29, 1.82) is 0 Å². The monoisotopic (exact) mass is 283 g/mol. The van der Waals surface area contributed by atoms with Crippen LogP contribution in [0.5, 0.6) is 0 Å². The molecule has 1 nitrogen and oxygen atoms in total. The maximum absolute atomic E-state index is 10.0. The first-order valence-electron chi connectivity index (χ1n) is 2.39. The Hall–Kier alpha value is 0.358. The third kappa shape index (κ3) is 4.52. The molecule has 0 spiro atoms. The molecule has 0 radical (unpaired) electrons. The summed E-state index contributed by atoms with van der Waals surface area (Å²) in [6, 6.07) is 0. The molecular weight excluding hydrogens is 272 g/mol. The number of aldehydes is 1. The molecule has 0 aliphatic heterocycles. The summed E-state index contributed by atoms with van der Waals surface area (Å²) in [7, 11) is 0. The van der Waals surface area contributed by atoms with Gasteiger partial charge in [-0.2, -0.15) is 6.92 Å². The van der Waals surface area contributed by atoms with Crippen LogP contribution < -0.4 is 0 Å². The van der Waals surface area contributed by atoms with Crippen molar-refractivity contribution in [3.63, 3.8) is 0 Å². The van der Waals surface area contributed by atoms with E-state index in [-0.39, 0.29) is 26.5 Å². The molecule has 0 atom stereocenters. The van der Waals surface area contributed by atoms with Crippen molar-refractivity contribution in [1.82, 2.24) is 0 Å². The first-order valence-corrected chi connectivity index (χ1v) is 2.39. The van der Waals surface area contributed by atoms with Gasteiger partial charge in [-0.3, -0.25) is 0 Å². The Kier molecular flexibility index (Phi) is 5.96. The molecule has 8 heavy (non-hydrogen) atoms. The van der Waals surface area contributed by atoms with Crippen LogP contribution in [-0.4, -0.2) is 6.29 Å². The molecule has 0 aliphatic rings. The molecule has 0 aromatic carbocycles. The van der Waals surface area contributed by atoms with Gasteiger partial charge in [0.25, 0.3) is 0 Å². The zero-order chi connectivity index (χ0) is 5.91. The third-order valence-corrected chi connectivity index (χ3v) is 1.05. The third-order valence-electron chi connectivity index (χ3n) is 1.05. The predicted octanol–water partition coefficient (Wildman–Crippen LogP) is 1.43. The average Bonchev–Trinajstić information content (AvgIpc) is 1.68. The van der Waals surface area contributed by atoms with Gasteiger partial charge < -0.3 is 11.2 Å². The molecule has 0 aliphatic carbocycles. The fourth-order valence-electron chi connectivity index (χ4n) is 0.0680. The summed E-state index contributed by atoms with van der Waals surface area (Å²) in [4.78, 5) is 10.0. The molecule has 0 saturated heterocycles. The van der Waals surface area contributed by atoms with E-state index in [2.05, 4.69) is 0 Å². The molecule has 0 heterocycles. The Morgan fingerprint density at radius 3 is 1.88 bits per heavy atom. The number of hydrogen-bond acceptors (Lipinski definition) is 1. The second kappa shape index (κ2) is 4.26. The van der Waals surface area contributed by atoms with E-state index in [9.17, 15) is 4.79 Å². The largest absolute Gasteiger partial charge is 0.319 e. The predicted molar refractivity (Wildman–Crippen MR) is 29.8 cm³/mol. The van der Waals surface area contributed by atoms with Gasteiger partial charge in [0, 0.05) is 21.1 Å². The molecule has 0 bridgehead atoms. The van der Waals surface area contributed by atoms with Crippen molar-refractivity contribution >= 4 is 6.29 Å². The molecule has 48 valence electrons. The minimum atomic E-state index is -0.222. The van der Waals surface area contributed by atoms with E-state index in [1.807, 2.05) is 27.2 Å². The van der Waals surface area contributed by atoms with Crippen LogP contribution in [0.4, 0.5) is 0 Å². The van der Waals surface area contributed by atoms with Crippen LogP contribution in [0.1, 0.15) is 20.8 Å². The van der Waals surface area contributed by atoms with Gasteiger partial charge in [0.05, 0.1) is 6.29 Å². The van der Waals surface area contributed by atoms with E-state index in [0.717, 1.165) is 6.29 Å². The van der Waals surface area contributed by atoms with Gasteiger partial charge in [0.1, 0.15) is 0 Å². The second-order valence-electron chi connectivity index (χ2n) is 2.23. The number of carbonyl (C=O) groups excluding carboxylic acids is 1. The van der Waals surface area contributed by atoms with Crippen LogP contribution in [0, 0.1) is 11.8 Å². The van der Waals surface area contributed by atoms with Gasteiger partial charge in [-0.15, -0.1) is 5.41 Å². The number of rotatable bonds is 2. The Morgan fingerprint density at radius 1 is 1.50 bits per heavy atom. The summed E-state index contributed by atoms with van der Waals surface area (Å²) < 4.78 is 0. The fourth-order valence-corrected chi connectivity index (χ4v) is 0.0680. The Labute approximate surface area is 65.1 Å². The summed E-state index contributed by atoms with van der Waals surface area (Å²) in [6.07, 6.45) is 2.81. The molecule has 0 N–H and O–H groups in total. The fraction of sp³-hybridized carbons (Fsp3) is 0.667. The zero-order valence-corrected chi connectivity index (χ0v) is 8.40.